The number of rotatable bonds is 2. The fourth-order valence-corrected chi connectivity index (χ4v) is 5.14. The van der Waals surface area contributed by atoms with E-state index in [4.69, 9.17) is 0 Å². The number of aryl methyl sites for hydroxylation is 2. The van der Waals surface area contributed by atoms with Crippen molar-refractivity contribution in [3.05, 3.63) is 128 Å². The first kappa shape index (κ1) is 17.7. The van der Waals surface area contributed by atoms with E-state index in [0.717, 1.165) is 0 Å². The van der Waals surface area contributed by atoms with Crippen LogP contribution in [0.3, 0.4) is 0 Å². The van der Waals surface area contributed by atoms with Crippen LogP contribution in [0.4, 0.5) is 0 Å². The van der Waals surface area contributed by atoms with Gasteiger partial charge in [0.2, 0.25) is 0 Å². The Labute approximate surface area is 180 Å². The lowest BCUT2D eigenvalue weighted by Crippen LogP contribution is -2.28. The minimum atomic E-state index is -0.283. The fraction of sp³-hybridized carbons (Fsp3) is 0.111. The van der Waals surface area contributed by atoms with E-state index in [9.17, 15) is 0 Å². The van der Waals surface area contributed by atoms with Crippen LogP contribution in [0.2, 0.25) is 0 Å². The van der Waals surface area contributed by atoms with Crippen LogP contribution in [0.25, 0.3) is 11.1 Å². The Balaban J connectivity index is 1.96. The summed E-state index contributed by atoms with van der Waals surface area (Å²) < 4.78 is 1.27. The van der Waals surface area contributed by atoms with Crippen molar-refractivity contribution in [3.8, 4) is 11.1 Å². The van der Waals surface area contributed by atoms with Gasteiger partial charge in [0.05, 0.1) is 5.41 Å². The van der Waals surface area contributed by atoms with Gasteiger partial charge in [-0.1, -0.05) is 90.0 Å². The first-order valence-corrected chi connectivity index (χ1v) is 10.7. The van der Waals surface area contributed by atoms with Crippen LogP contribution in [-0.4, -0.2) is 0 Å². The molecule has 0 unspecified atom stereocenters. The van der Waals surface area contributed by atoms with Gasteiger partial charge in [-0.15, -0.1) is 0 Å². The monoisotopic (exact) mass is 472 g/mol. The number of benzene rings is 4. The summed E-state index contributed by atoms with van der Waals surface area (Å²) >= 11 is 2.44. The third-order valence-electron chi connectivity index (χ3n) is 5.98. The molecular formula is C27H21I. The standard InChI is InChI=1S/C27H21I/c1-18-7-11-20(12-8-18)27(21-13-9-19(2)10-14-21)25-6-4-3-5-23(25)24-16-15-22(28)17-26(24)27/h3-17H,1-2H3. The molecule has 0 bridgehead atoms. The Hall–Kier alpha value is -2.39. The summed E-state index contributed by atoms with van der Waals surface area (Å²) in [7, 11) is 0. The topological polar surface area (TPSA) is 0 Å². The van der Waals surface area contributed by atoms with Crippen molar-refractivity contribution in [3.63, 3.8) is 0 Å². The summed E-state index contributed by atoms with van der Waals surface area (Å²) in [6, 6.07) is 34.0. The highest BCUT2D eigenvalue weighted by atomic mass is 127. The Morgan fingerprint density at radius 3 is 1.71 bits per heavy atom. The first-order valence-electron chi connectivity index (χ1n) is 9.65. The van der Waals surface area contributed by atoms with E-state index in [1.54, 1.807) is 0 Å². The molecule has 0 saturated heterocycles. The zero-order chi connectivity index (χ0) is 19.3. The summed E-state index contributed by atoms with van der Waals surface area (Å²) in [6.45, 7) is 4.31. The third-order valence-corrected chi connectivity index (χ3v) is 6.65. The Kier molecular flexibility index (Phi) is 4.17. The second-order valence-electron chi connectivity index (χ2n) is 7.72. The zero-order valence-corrected chi connectivity index (χ0v) is 18.2. The highest BCUT2D eigenvalue weighted by Gasteiger charge is 2.45. The molecule has 5 rings (SSSR count). The largest absolute Gasteiger partial charge is 0.0713 e. The number of hydrogen-bond acceptors (Lipinski definition) is 0. The van der Waals surface area contributed by atoms with Crippen molar-refractivity contribution in [1.82, 2.24) is 0 Å². The SMILES string of the molecule is Cc1ccc(C2(c3ccc(C)cc3)c3ccccc3-c3ccc(I)cc32)cc1. The maximum absolute atomic E-state index is 2.44. The molecule has 1 aliphatic rings. The molecule has 0 radical (unpaired) electrons. The van der Waals surface area contributed by atoms with Crippen molar-refractivity contribution in [1.29, 1.82) is 0 Å². The molecule has 0 aliphatic heterocycles. The summed E-state index contributed by atoms with van der Waals surface area (Å²) in [5, 5.41) is 0. The summed E-state index contributed by atoms with van der Waals surface area (Å²) in [4.78, 5) is 0. The Morgan fingerprint density at radius 1 is 0.571 bits per heavy atom. The van der Waals surface area contributed by atoms with E-state index >= 15 is 0 Å². The van der Waals surface area contributed by atoms with Crippen LogP contribution in [0.5, 0.6) is 0 Å². The van der Waals surface area contributed by atoms with Crippen molar-refractivity contribution < 1.29 is 0 Å². The molecule has 0 spiro atoms. The van der Waals surface area contributed by atoms with Crippen LogP contribution in [0, 0.1) is 17.4 Å². The van der Waals surface area contributed by atoms with Gasteiger partial charge in [-0.2, -0.15) is 0 Å². The Bertz CT molecular complexity index is 1120. The van der Waals surface area contributed by atoms with Gasteiger partial charge < -0.3 is 0 Å². The molecule has 28 heavy (non-hydrogen) atoms. The van der Waals surface area contributed by atoms with E-state index in [0.29, 0.717) is 0 Å². The van der Waals surface area contributed by atoms with E-state index in [-0.39, 0.29) is 5.41 Å². The lowest BCUT2D eigenvalue weighted by molar-refractivity contribution is 0.767. The zero-order valence-electron chi connectivity index (χ0n) is 16.0. The van der Waals surface area contributed by atoms with E-state index < -0.39 is 0 Å². The molecule has 0 atom stereocenters. The predicted octanol–water partition coefficient (Wildman–Crippen LogP) is 7.27. The Morgan fingerprint density at radius 2 is 1.11 bits per heavy atom. The summed E-state index contributed by atoms with van der Waals surface area (Å²) in [6.07, 6.45) is 0. The molecule has 4 aromatic rings. The molecule has 0 aromatic heterocycles. The predicted molar refractivity (Wildman–Crippen MR) is 126 cm³/mol. The quantitative estimate of drug-likeness (QED) is 0.237. The summed E-state index contributed by atoms with van der Waals surface area (Å²) in [5.41, 5.74) is 10.4. The van der Waals surface area contributed by atoms with Crippen LogP contribution in [0.1, 0.15) is 33.4 Å². The second-order valence-corrected chi connectivity index (χ2v) is 8.96. The number of hydrogen-bond donors (Lipinski definition) is 0. The van der Waals surface area contributed by atoms with Gasteiger partial charge in [0.15, 0.2) is 0 Å². The highest BCUT2D eigenvalue weighted by molar-refractivity contribution is 14.1. The van der Waals surface area contributed by atoms with Gasteiger partial charge in [0, 0.05) is 3.57 Å². The molecular weight excluding hydrogens is 451 g/mol. The van der Waals surface area contributed by atoms with Crippen LogP contribution in [-0.2, 0) is 5.41 Å². The average Bonchev–Trinajstić information content (AvgIpc) is 3.00. The third kappa shape index (κ3) is 2.49. The van der Waals surface area contributed by atoms with Crippen LogP contribution in [0.15, 0.2) is 91.0 Å². The minimum absolute atomic E-state index is 0.283. The van der Waals surface area contributed by atoms with E-state index in [2.05, 4.69) is 127 Å². The van der Waals surface area contributed by atoms with Gasteiger partial charge in [-0.05, 0) is 82.0 Å². The molecule has 1 aliphatic carbocycles. The average molecular weight is 472 g/mol. The van der Waals surface area contributed by atoms with Crippen molar-refractivity contribution in [2.24, 2.45) is 0 Å². The first-order chi connectivity index (χ1) is 13.6. The molecule has 0 saturated carbocycles. The van der Waals surface area contributed by atoms with Crippen molar-refractivity contribution in [2.45, 2.75) is 19.3 Å². The maximum Gasteiger partial charge on any atom is 0.0713 e. The van der Waals surface area contributed by atoms with Gasteiger partial charge >= 0.3 is 0 Å². The molecule has 1 heteroatoms. The molecule has 0 amide bonds. The van der Waals surface area contributed by atoms with Gasteiger partial charge in [-0.3, -0.25) is 0 Å². The van der Waals surface area contributed by atoms with Crippen LogP contribution < -0.4 is 0 Å². The lowest BCUT2D eigenvalue weighted by atomic mass is 9.67. The maximum atomic E-state index is 2.44. The van der Waals surface area contributed by atoms with Crippen LogP contribution >= 0.6 is 22.6 Å². The van der Waals surface area contributed by atoms with E-state index in [1.165, 1.54) is 48.1 Å². The molecule has 0 N–H and O–H groups in total. The summed E-state index contributed by atoms with van der Waals surface area (Å²) in [5.74, 6) is 0. The fourth-order valence-electron chi connectivity index (χ4n) is 4.65. The minimum Gasteiger partial charge on any atom is -0.0619 e. The van der Waals surface area contributed by atoms with Crippen molar-refractivity contribution in [2.75, 3.05) is 0 Å². The molecule has 0 fully saturated rings. The smallest absolute Gasteiger partial charge is 0.0619 e. The molecule has 4 aromatic carbocycles. The van der Waals surface area contributed by atoms with Crippen molar-refractivity contribution >= 4 is 22.6 Å². The van der Waals surface area contributed by atoms with Gasteiger partial charge in [-0.25, -0.2) is 0 Å². The normalized spacial score (nSPS) is 13.8. The van der Waals surface area contributed by atoms with Gasteiger partial charge in [0.1, 0.15) is 0 Å². The number of fused-ring (bicyclic) bond motifs is 3. The molecule has 0 nitrogen and oxygen atoms in total. The second kappa shape index (κ2) is 6.59. The molecule has 0 heterocycles. The lowest BCUT2D eigenvalue weighted by Gasteiger charge is -2.34. The van der Waals surface area contributed by atoms with Gasteiger partial charge in [0.25, 0.3) is 0 Å². The molecule has 136 valence electrons. The highest BCUT2D eigenvalue weighted by Crippen LogP contribution is 2.56. The van der Waals surface area contributed by atoms with E-state index in [1.807, 2.05) is 0 Å². The number of halogens is 1.